The third kappa shape index (κ3) is 5.25. The van der Waals surface area contributed by atoms with Gasteiger partial charge in [0.05, 0.1) is 23.2 Å². The predicted octanol–water partition coefficient (Wildman–Crippen LogP) is 6.74. The zero-order valence-corrected chi connectivity index (χ0v) is 20.4. The van der Waals surface area contributed by atoms with Gasteiger partial charge in [-0.3, -0.25) is 14.9 Å². The summed E-state index contributed by atoms with van der Waals surface area (Å²) in [7, 11) is 0. The molecule has 11 heteroatoms. The van der Waals surface area contributed by atoms with E-state index in [1.807, 2.05) is 0 Å². The Balaban J connectivity index is 1.27. The third-order valence-electron chi connectivity index (χ3n) is 5.68. The molecule has 1 aliphatic rings. The van der Waals surface area contributed by atoms with E-state index in [0.717, 1.165) is 23.5 Å². The van der Waals surface area contributed by atoms with Crippen LogP contribution in [-0.4, -0.2) is 28.6 Å². The van der Waals surface area contributed by atoms with Crippen molar-refractivity contribution in [2.24, 2.45) is 0 Å². The number of ether oxygens (including phenoxy) is 2. The molecular formula is C26H17ClF2N2O5S. The molecular weight excluding hydrogens is 526 g/mol. The molecule has 5 rings (SSSR count). The quantitative estimate of drug-likeness (QED) is 0.280. The molecule has 0 spiro atoms. The van der Waals surface area contributed by atoms with Crippen molar-refractivity contribution >= 4 is 39.9 Å². The van der Waals surface area contributed by atoms with Crippen molar-refractivity contribution < 1.29 is 33.0 Å². The van der Waals surface area contributed by atoms with Gasteiger partial charge in [-0.25, -0.2) is 13.8 Å². The molecule has 188 valence electrons. The number of hydrogen-bond donors (Lipinski definition) is 2. The first-order chi connectivity index (χ1) is 17.8. The molecule has 2 heterocycles. The maximum atomic E-state index is 14.0. The number of amides is 1. The lowest BCUT2D eigenvalue weighted by atomic mass is 9.93. The molecule has 1 atom stereocenters. The summed E-state index contributed by atoms with van der Waals surface area (Å²) in [5.41, 5.74) is 1.23. The topological polar surface area (TPSA) is 97.8 Å². The molecule has 4 aromatic rings. The second-order valence-corrected chi connectivity index (χ2v) is 9.36. The number of carboxylic acid groups (broad SMARTS) is 1. The van der Waals surface area contributed by atoms with Crippen molar-refractivity contribution in [2.45, 2.75) is 12.3 Å². The van der Waals surface area contributed by atoms with Crippen LogP contribution in [0.15, 0.2) is 60.0 Å². The normalized spacial score (nSPS) is 14.4. The van der Waals surface area contributed by atoms with Crippen LogP contribution in [0.3, 0.4) is 0 Å². The standard InChI is InChI=1S/C26H17ClF2N2O5S/c27-19-10-18-16(25(33)34)7-8-35-22(18)11-23(19)36-15-4-1-13(2-5-15)24(32)31-26-30-21(12-37-26)17-6-3-14(28)9-20(17)29/h1-6,9-12,16H,7-8H2,(H,33,34)(H,30,31,32). The number of halogens is 3. The second-order valence-electron chi connectivity index (χ2n) is 8.09. The lowest BCUT2D eigenvalue weighted by molar-refractivity contribution is -0.139. The van der Waals surface area contributed by atoms with Gasteiger partial charge in [0.15, 0.2) is 5.13 Å². The molecule has 3 aromatic carbocycles. The minimum Gasteiger partial charge on any atom is -0.493 e. The van der Waals surface area contributed by atoms with Gasteiger partial charge in [-0.2, -0.15) is 0 Å². The lowest BCUT2D eigenvalue weighted by Crippen LogP contribution is -2.20. The molecule has 1 aromatic heterocycles. The summed E-state index contributed by atoms with van der Waals surface area (Å²) in [6.07, 6.45) is 0.355. The highest BCUT2D eigenvalue weighted by molar-refractivity contribution is 7.14. The van der Waals surface area contributed by atoms with Crippen molar-refractivity contribution in [1.82, 2.24) is 4.98 Å². The molecule has 37 heavy (non-hydrogen) atoms. The molecule has 7 nitrogen and oxygen atoms in total. The van der Waals surface area contributed by atoms with E-state index < -0.39 is 29.4 Å². The van der Waals surface area contributed by atoms with E-state index in [-0.39, 0.29) is 33.8 Å². The fourth-order valence-corrected chi connectivity index (χ4v) is 4.76. The van der Waals surface area contributed by atoms with Gasteiger partial charge in [-0.05, 0) is 48.9 Å². The number of nitrogens with zero attached hydrogens (tertiary/aromatic N) is 1. The average Bonchev–Trinajstić information content (AvgIpc) is 3.32. The number of hydrogen-bond acceptors (Lipinski definition) is 6. The summed E-state index contributed by atoms with van der Waals surface area (Å²) in [6.45, 7) is 0.272. The molecule has 2 N–H and O–H groups in total. The first-order valence-electron chi connectivity index (χ1n) is 11.0. The number of thiazole rings is 1. The Morgan fingerprint density at radius 3 is 2.65 bits per heavy atom. The van der Waals surface area contributed by atoms with Crippen LogP contribution in [0.25, 0.3) is 11.3 Å². The molecule has 0 bridgehead atoms. The molecule has 0 fully saturated rings. The number of carbonyl (C=O) groups excluding carboxylic acids is 1. The Bertz CT molecular complexity index is 1510. The number of rotatable bonds is 6. The summed E-state index contributed by atoms with van der Waals surface area (Å²) in [5, 5.41) is 14.1. The number of anilines is 1. The minimum absolute atomic E-state index is 0.129. The van der Waals surface area contributed by atoms with Gasteiger partial charge in [0.25, 0.3) is 5.91 Å². The zero-order chi connectivity index (χ0) is 26.1. The van der Waals surface area contributed by atoms with Crippen LogP contribution in [0.2, 0.25) is 5.02 Å². The Kier molecular flexibility index (Phi) is 6.77. The first-order valence-corrected chi connectivity index (χ1v) is 12.2. The van der Waals surface area contributed by atoms with Gasteiger partial charge < -0.3 is 14.6 Å². The highest BCUT2D eigenvalue weighted by Gasteiger charge is 2.29. The maximum Gasteiger partial charge on any atom is 0.311 e. The van der Waals surface area contributed by atoms with Gasteiger partial charge in [0.2, 0.25) is 0 Å². The van der Waals surface area contributed by atoms with Crippen molar-refractivity contribution in [3.63, 3.8) is 0 Å². The molecule has 0 saturated carbocycles. The summed E-state index contributed by atoms with van der Waals surface area (Å²) < 4.78 is 38.6. The van der Waals surface area contributed by atoms with E-state index in [9.17, 15) is 23.5 Å². The first kappa shape index (κ1) is 24.7. The Morgan fingerprint density at radius 1 is 1.14 bits per heavy atom. The SMILES string of the molecule is O=C(Nc1nc(-c2ccc(F)cc2F)cs1)c1ccc(Oc2cc3c(cc2Cl)C(C(=O)O)CCO3)cc1. The van der Waals surface area contributed by atoms with Gasteiger partial charge in [0, 0.05) is 34.2 Å². The highest BCUT2D eigenvalue weighted by atomic mass is 35.5. The second kappa shape index (κ2) is 10.2. The van der Waals surface area contributed by atoms with E-state index in [1.54, 1.807) is 35.7 Å². The van der Waals surface area contributed by atoms with Crippen molar-refractivity contribution in [3.8, 4) is 28.5 Å². The largest absolute Gasteiger partial charge is 0.493 e. The van der Waals surface area contributed by atoms with Crippen LogP contribution in [0.1, 0.15) is 28.3 Å². The van der Waals surface area contributed by atoms with Crippen LogP contribution in [-0.2, 0) is 4.79 Å². The third-order valence-corrected chi connectivity index (χ3v) is 6.73. The van der Waals surface area contributed by atoms with E-state index in [2.05, 4.69) is 10.3 Å². The smallest absolute Gasteiger partial charge is 0.311 e. The molecule has 1 unspecified atom stereocenters. The molecule has 1 aliphatic heterocycles. The van der Waals surface area contributed by atoms with Crippen LogP contribution >= 0.6 is 22.9 Å². The van der Waals surface area contributed by atoms with E-state index in [4.69, 9.17) is 21.1 Å². The lowest BCUT2D eigenvalue weighted by Gasteiger charge is -2.24. The van der Waals surface area contributed by atoms with Crippen LogP contribution < -0.4 is 14.8 Å². The average molecular weight is 543 g/mol. The van der Waals surface area contributed by atoms with Crippen LogP contribution in [0.5, 0.6) is 17.2 Å². The Labute approximate surface area is 218 Å². The van der Waals surface area contributed by atoms with E-state index in [1.165, 1.54) is 12.1 Å². The van der Waals surface area contributed by atoms with E-state index >= 15 is 0 Å². The summed E-state index contributed by atoms with van der Waals surface area (Å²) >= 11 is 7.44. The van der Waals surface area contributed by atoms with Crippen LogP contribution in [0.4, 0.5) is 13.9 Å². The Morgan fingerprint density at radius 2 is 1.92 bits per heavy atom. The van der Waals surface area contributed by atoms with Crippen molar-refractivity contribution in [3.05, 3.63) is 87.8 Å². The number of carboxylic acids is 1. The minimum atomic E-state index is -0.945. The monoisotopic (exact) mass is 542 g/mol. The summed E-state index contributed by atoms with van der Waals surface area (Å²) in [4.78, 5) is 28.4. The molecule has 1 amide bonds. The number of benzene rings is 3. The van der Waals surface area contributed by atoms with Crippen LogP contribution in [0, 0.1) is 11.6 Å². The van der Waals surface area contributed by atoms with Gasteiger partial charge in [-0.15, -0.1) is 11.3 Å². The number of aliphatic carboxylic acids is 1. The van der Waals surface area contributed by atoms with E-state index in [0.29, 0.717) is 29.0 Å². The summed E-state index contributed by atoms with van der Waals surface area (Å²) in [6, 6.07) is 12.5. The fourth-order valence-electron chi connectivity index (χ4n) is 3.85. The zero-order valence-electron chi connectivity index (χ0n) is 18.8. The fraction of sp³-hybridized carbons (Fsp3) is 0.115. The van der Waals surface area contributed by atoms with Crippen molar-refractivity contribution in [1.29, 1.82) is 0 Å². The van der Waals surface area contributed by atoms with Crippen molar-refractivity contribution in [2.75, 3.05) is 11.9 Å². The maximum absolute atomic E-state index is 14.0. The van der Waals surface area contributed by atoms with Gasteiger partial charge >= 0.3 is 5.97 Å². The molecule has 0 saturated heterocycles. The summed E-state index contributed by atoms with van der Waals surface area (Å²) in [5.74, 6) is -2.43. The molecule has 0 radical (unpaired) electrons. The number of carbonyl (C=O) groups is 2. The molecule has 0 aliphatic carbocycles. The Hall–Kier alpha value is -4.02. The number of nitrogens with one attached hydrogen (secondary N) is 1. The highest BCUT2D eigenvalue weighted by Crippen LogP contribution is 2.42. The predicted molar refractivity (Wildman–Crippen MR) is 134 cm³/mol. The van der Waals surface area contributed by atoms with Gasteiger partial charge in [-0.1, -0.05) is 11.6 Å². The number of fused-ring (bicyclic) bond motifs is 1. The number of aromatic nitrogens is 1. The van der Waals surface area contributed by atoms with Gasteiger partial charge in [0.1, 0.15) is 28.9 Å².